The average Bonchev–Trinajstić information content (AvgIpc) is 3.17. The van der Waals surface area contributed by atoms with Gasteiger partial charge < -0.3 is 9.73 Å². The van der Waals surface area contributed by atoms with Gasteiger partial charge in [-0.1, -0.05) is 30.3 Å². The second-order valence-corrected chi connectivity index (χ2v) is 6.45. The summed E-state index contributed by atoms with van der Waals surface area (Å²) in [6.07, 6.45) is 1.68. The third-order valence-corrected chi connectivity index (χ3v) is 4.33. The molecule has 0 fully saturated rings. The van der Waals surface area contributed by atoms with Crippen molar-refractivity contribution in [3.05, 3.63) is 84.1 Å². The Morgan fingerprint density at radius 2 is 1.79 bits per heavy atom. The summed E-state index contributed by atoms with van der Waals surface area (Å²) in [5.41, 5.74) is 3.67. The van der Waals surface area contributed by atoms with Crippen LogP contribution in [0, 0.1) is 0 Å². The SMILES string of the molecule is O=C(NC(=S)NCc1ccc(-c2nc3ncccc3o2)cc1)c1ccccc1. The van der Waals surface area contributed by atoms with Gasteiger partial charge in [0.2, 0.25) is 5.89 Å². The molecule has 2 N–H and O–H groups in total. The quantitative estimate of drug-likeness (QED) is 0.519. The number of rotatable bonds is 4. The fourth-order valence-corrected chi connectivity index (χ4v) is 2.81. The van der Waals surface area contributed by atoms with Crippen LogP contribution in [-0.2, 0) is 6.54 Å². The first-order chi connectivity index (χ1) is 13.7. The average molecular weight is 388 g/mol. The maximum absolute atomic E-state index is 12.1. The lowest BCUT2D eigenvalue weighted by molar-refractivity contribution is 0.0976. The fourth-order valence-electron chi connectivity index (χ4n) is 2.65. The molecule has 0 saturated carbocycles. The summed E-state index contributed by atoms with van der Waals surface area (Å²) in [6.45, 7) is 0.489. The van der Waals surface area contributed by atoms with Crippen molar-refractivity contribution in [2.24, 2.45) is 0 Å². The Bertz CT molecular complexity index is 1090. The smallest absolute Gasteiger partial charge is 0.257 e. The molecule has 7 heteroatoms. The number of hydrogen-bond donors (Lipinski definition) is 2. The van der Waals surface area contributed by atoms with Gasteiger partial charge in [0.1, 0.15) is 0 Å². The van der Waals surface area contributed by atoms with E-state index in [-0.39, 0.29) is 11.0 Å². The predicted molar refractivity (Wildman–Crippen MR) is 111 cm³/mol. The van der Waals surface area contributed by atoms with Gasteiger partial charge in [-0.2, -0.15) is 4.98 Å². The largest absolute Gasteiger partial charge is 0.434 e. The Hall–Kier alpha value is -3.58. The summed E-state index contributed by atoms with van der Waals surface area (Å²) >= 11 is 5.19. The normalized spacial score (nSPS) is 10.6. The molecule has 6 nitrogen and oxygen atoms in total. The molecule has 0 aliphatic rings. The lowest BCUT2D eigenvalue weighted by Crippen LogP contribution is -2.38. The molecule has 138 valence electrons. The van der Waals surface area contributed by atoms with E-state index in [0.29, 0.717) is 29.2 Å². The molecule has 2 heterocycles. The number of carbonyl (C=O) groups is 1. The maximum Gasteiger partial charge on any atom is 0.257 e. The van der Waals surface area contributed by atoms with Gasteiger partial charge in [0.05, 0.1) is 0 Å². The zero-order valence-corrected chi connectivity index (χ0v) is 15.6. The molecule has 0 saturated heterocycles. The molecule has 0 spiro atoms. The highest BCUT2D eigenvalue weighted by Gasteiger charge is 2.09. The van der Waals surface area contributed by atoms with Crippen molar-refractivity contribution in [2.45, 2.75) is 6.54 Å². The van der Waals surface area contributed by atoms with Crippen molar-refractivity contribution in [1.82, 2.24) is 20.6 Å². The molecule has 28 heavy (non-hydrogen) atoms. The Kier molecular flexibility index (Phi) is 5.07. The highest BCUT2D eigenvalue weighted by atomic mass is 32.1. The van der Waals surface area contributed by atoms with E-state index in [2.05, 4.69) is 20.6 Å². The summed E-state index contributed by atoms with van der Waals surface area (Å²) in [4.78, 5) is 20.6. The first-order valence-corrected chi connectivity index (χ1v) is 9.05. The Morgan fingerprint density at radius 3 is 2.54 bits per heavy atom. The van der Waals surface area contributed by atoms with Crippen molar-refractivity contribution in [3.8, 4) is 11.5 Å². The van der Waals surface area contributed by atoms with Crippen molar-refractivity contribution >= 4 is 34.5 Å². The van der Waals surface area contributed by atoms with E-state index in [1.807, 2.05) is 42.5 Å². The maximum atomic E-state index is 12.1. The Morgan fingerprint density at radius 1 is 1.00 bits per heavy atom. The molecular formula is C21H16N4O2S. The lowest BCUT2D eigenvalue weighted by atomic mass is 10.1. The minimum absolute atomic E-state index is 0.238. The van der Waals surface area contributed by atoms with Gasteiger partial charge in [-0.15, -0.1) is 0 Å². The zero-order chi connectivity index (χ0) is 19.3. The number of thiocarbonyl (C=S) groups is 1. The van der Waals surface area contributed by atoms with Gasteiger partial charge in [0, 0.05) is 23.9 Å². The van der Waals surface area contributed by atoms with Crippen molar-refractivity contribution in [1.29, 1.82) is 0 Å². The second kappa shape index (κ2) is 7.98. The van der Waals surface area contributed by atoms with Gasteiger partial charge in [0.15, 0.2) is 16.3 Å². The molecule has 4 aromatic rings. The van der Waals surface area contributed by atoms with Crippen LogP contribution in [-0.4, -0.2) is 21.0 Å². The van der Waals surface area contributed by atoms with Crippen LogP contribution in [0.5, 0.6) is 0 Å². The van der Waals surface area contributed by atoms with Crippen molar-refractivity contribution in [2.75, 3.05) is 0 Å². The highest BCUT2D eigenvalue weighted by molar-refractivity contribution is 7.80. The number of nitrogens with one attached hydrogen (secondary N) is 2. The molecular weight excluding hydrogens is 372 g/mol. The Labute approximate surface area is 166 Å². The van der Waals surface area contributed by atoms with Crippen LogP contribution in [0.4, 0.5) is 0 Å². The van der Waals surface area contributed by atoms with Crippen LogP contribution in [0.1, 0.15) is 15.9 Å². The van der Waals surface area contributed by atoms with Gasteiger partial charge in [0.25, 0.3) is 5.91 Å². The van der Waals surface area contributed by atoms with E-state index in [9.17, 15) is 4.79 Å². The molecule has 0 aliphatic heterocycles. The van der Waals surface area contributed by atoms with Gasteiger partial charge in [-0.25, -0.2) is 4.98 Å². The number of oxazole rings is 1. The van der Waals surface area contributed by atoms with E-state index in [4.69, 9.17) is 16.6 Å². The number of nitrogens with zero attached hydrogens (tertiary/aromatic N) is 2. The van der Waals surface area contributed by atoms with Crippen molar-refractivity contribution in [3.63, 3.8) is 0 Å². The van der Waals surface area contributed by atoms with Crippen LogP contribution in [0.15, 0.2) is 77.3 Å². The number of aromatic nitrogens is 2. The fraction of sp³-hybridized carbons (Fsp3) is 0.0476. The summed E-state index contributed by atoms with van der Waals surface area (Å²) in [7, 11) is 0. The summed E-state index contributed by atoms with van der Waals surface area (Å²) < 4.78 is 5.72. The van der Waals surface area contributed by atoms with Crippen LogP contribution in [0.2, 0.25) is 0 Å². The third-order valence-electron chi connectivity index (χ3n) is 4.08. The van der Waals surface area contributed by atoms with Gasteiger partial charge in [-0.05, 0) is 54.2 Å². The van der Waals surface area contributed by atoms with E-state index in [1.54, 1.807) is 30.5 Å². The molecule has 2 aromatic heterocycles. The summed E-state index contributed by atoms with van der Waals surface area (Å²) in [6, 6.07) is 20.3. The molecule has 4 rings (SSSR count). The van der Waals surface area contributed by atoms with Gasteiger partial charge in [-0.3, -0.25) is 10.1 Å². The van der Waals surface area contributed by atoms with E-state index in [1.165, 1.54) is 0 Å². The number of pyridine rings is 1. The molecule has 2 aromatic carbocycles. The number of fused-ring (bicyclic) bond motifs is 1. The number of hydrogen-bond acceptors (Lipinski definition) is 5. The third kappa shape index (κ3) is 4.05. The monoisotopic (exact) mass is 388 g/mol. The standard InChI is InChI=1S/C21H16N4O2S/c26-19(15-5-2-1-3-6-15)25-21(28)23-13-14-8-10-16(11-9-14)20-24-18-17(27-20)7-4-12-22-18/h1-12H,13H2,(H2,23,25,26,28). The van der Waals surface area contributed by atoms with Crippen LogP contribution in [0.25, 0.3) is 22.7 Å². The second-order valence-electron chi connectivity index (χ2n) is 6.04. The van der Waals surface area contributed by atoms with E-state index >= 15 is 0 Å². The van der Waals surface area contributed by atoms with Crippen molar-refractivity contribution < 1.29 is 9.21 Å². The molecule has 0 aliphatic carbocycles. The van der Waals surface area contributed by atoms with Crippen LogP contribution >= 0.6 is 12.2 Å². The van der Waals surface area contributed by atoms with Gasteiger partial charge >= 0.3 is 0 Å². The predicted octanol–water partition coefficient (Wildman–Crippen LogP) is 3.69. The van der Waals surface area contributed by atoms with E-state index in [0.717, 1.165) is 11.1 Å². The lowest BCUT2D eigenvalue weighted by Gasteiger charge is -2.10. The van der Waals surface area contributed by atoms with E-state index < -0.39 is 0 Å². The zero-order valence-electron chi connectivity index (χ0n) is 14.8. The number of benzene rings is 2. The molecule has 1 amide bonds. The molecule has 0 atom stereocenters. The van der Waals surface area contributed by atoms with Crippen LogP contribution < -0.4 is 10.6 Å². The summed E-state index contributed by atoms with van der Waals surface area (Å²) in [5, 5.41) is 5.98. The molecule has 0 radical (unpaired) electrons. The molecule has 0 bridgehead atoms. The molecule has 0 unspecified atom stereocenters. The summed E-state index contributed by atoms with van der Waals surface area (Å²) in [5.74, 6) is 0.289. The number of carbonyl (C=O) groups excluding carboxylic acids is 1. The first-order valence-electron chi connectivity index (χ1n) is 8.64. The first kappa shape index (κ1) is 17.8. The Balaban J connectivity index is 1.35. The van der Waals surface area contributed by atoms with Crippen LogP contribution in [0.3, 0.4) is 0 Å². The minimum atomic E-state index is -0.238. The number of amides is 1. The topological polar surface area (TPSA) is 80.0 Å². The minimum Gasteiger partial charge on any atom is -0.434 e. The highest BCUT2D eigenvalue weighted by Crippen LogP contribution is 2.23.